The number of rotatable bonds is 3. The summed E-state index contributed by atoms with van der Waals surface area (Å²) in [6.07, 6.45) is 3.09. The lowest BCUT2D eigenvalue weighted by molar-refractivity contribution is -0.119. The van der Waals surface area contributed by atoms with Gasteiger partial charge in [0, 0.05) is 0 Å². The van der Waals surface area contributed by atoms with Crippen LogP contribution in [0.1, 0.15) is 24.2 Å². The Labute approximate surface area is 101 Å². The van der Waals surface area contributed by atoms with Crippen LogP contribution in [0.5, 0.6) is 0 Å². The SMILES string of the molecule is CC(C(N)=O)c1cnc(C#CCN(C)C)cn1. The Morgan fingerprint density at radius 2 is 2.18 bits per heavy atom. The van der Waals surface area contributed by atoms with Crippen molar-refractivity contribution in [1.29, 1.82) is 0 Å². The molecule has 0 aliphatic rings. The van der Waals surface area contributed by atoms with E-state index in [2.05, 4.69) is 21.8 Å². The van der Waals surface area contributed by atoms with Gasteiger partial charge < -0.3 is 5.73 Å². The highest BCUT2D eigenvalue weighted by molar-refractivity contribution is 5.80. The Bertz CT molecular complexity index is 442. The molecule has 1 heterocycles. The summed E-state index contributed by atoms with van der Waals surface area (Å²) in [5, 5.41) is 0. The monoisotopic (exact) mass is 232 g/mol. The number of hydrogen-bond donors (Lipinski definition) is 1. The maximum atomic E-state index is 11.0. The topological polar surface area (TPSA) is 72.1 Å². The molecule has 1 aromatic heterocycles. The number of carbonyl (C=O) groups excluding carboxylic acids is 1. The highest BCUT2D eigenvalue weighted by atomic mass is 16.1. The second kappa shape index (κ2) is 5.97. The molecule has 90 valence electrons. The Morgan fingerprint density at radius 3 is 2.65 bits per heavy atom. The van der Waals surface area contributed by atoms with Gasteiger partial charge in [0.1, 0.15) is 5.69 Å². The fourth-order valence-corrected chi connectivity index (χ4v) is 1.06. The minimum atomic E-state index is -0.425. The lowest BCUT2D eigenvalue weighted by Gasteiger charge is -2.05. The molecule has 1 atom stereocenters. The van der Waals surface area contributed by atoms with Crippen molar-refractivity contribution in [2.24, 2.45) is 5.73 Å². The third-order valence-corrected chi connectivity index (χ3v) is 2.15. The van der Waals surface area contributed by atoms with Crippen LogP contribution in [0.2, 0.25) is 0 Å². The Morgan fingerprint density at radius 1 is 1.47 bits per heavy atom. The first-order valence-electron chi connectivity index (χ1n) is 5.25. The molecule has 17 heavy (non-hydrogen) atoms. The van der Waals surface area contributed by atoms with Gasteiger partial charge in [0.2, 0.25) is 5.91 Å². The molecular formula is C12H16N4O. The lowest BCUT2D eigenvalue weighted by atomic mass is 10.1. The minimum Gasteiger partial charge on any atom is -0.369 e. The quantitative estimate of drug-likeness (QED) is 0.743. The number of carbonyl (C=O) groups is 1. The zero-order valence-corrected chi connectivity index (χ0v) is 10.3. The third kappa shape index (κ3) is 4.21. The molecule has 5 nitrogen and oxygen atoms in total. The molecule has 5 heteroatoms. The van der Waals surface area contributed by atoms with E-state index in [1.54, 1.807) is 13.1 Å². The second-order valence-corrected chi connectivity index (χ2v) is 3.99. The van der Waals surface area contributed by atoms with E-state index in [-0.39, 0.29) is 0 Å². The summed E-state index contributed by atoms with van der Waals surface area (Å²) in [7, 11) is 3.88. The summed E-state index contributed by atoms with van der Waals surface area (Å²) in [4.78, 5) is 21.1. The van der Waals surface area contributed by atoms with Crippen molar-refractivity contribution >= 4 is 5.91 Å². The number of hydrogen-bond acceptors (Lipinski definition) is 4. The van der Waals surface area contributed by atoms with Gasteiger partial charge in [0.05, 0.1) is 30.6 Å². The van der Waals surface area contributed by atoms with E-state index in [0.717, 1.165) is 0 Å². The van der Waals surface area contributed by atoms with Gasteiger partial charge >= 0.3 is 0 Å². The zero-order valence-electron chi connectivity index (χ0n) is 10.3. The van der Waals surface area contributed by atoms with Crippen LogP contribution < -0.4 is 5.73 Å². The number of amides is 1. The minimum absolute atomic E-state index is 0.411. The van der Waals surface area contributed by atoms with E-state index in [1.807, 2.05) is 19.0 Å². The molecular weight excluding hydrogens is 216 g/mol. The van der Waals surface area contributed by atoms with E-state index < -0.39 is 11.8 Å². The average Bonchev–Trinajstić information content (AvgIpc) is 2.28. The summed E-state index contributed by atoms with van der Waals surface area (Å²) in [5.74, 6) is 5.01. The molecule has 1 aromatic rings. The first-order valence-corrected chi connectivity index (χ1v) is 5.25. The van der Waals surface area contributed by atoms with Gasteiger partial charge in [0.15, 0.2) is 0 Å². The smallest absolute Gasteiger partial charge is 0.226 e. The van der Waals surface area contributed by atoms with Crippen molar-refractivity contribution < 1.29 is 4.79 Å². The van der Waals surface area contributed by atoms with Gasteiger partial charge in [-0.25, -0.2) is 4.98 Å². The van der Waals surface area contributed by atoms with Gasteiger partial charge in [-0.15, -0.1) is 0 Å². The van der Waals surface area contributed by atoms with Crippen molar-refractivity contribution in [3.8, 4) is 11.8 Å². The molecule has 1 rings (SSSR count). The average molecular weight is 232 g/mol. The fraction of sp³-hybridized carbons (Fsp3) is 0.417. The zero-order chi connectivity index (χ0) is 12.8. The first-order chi connectivity index (χ1) is 8.00. The molecule has 0 spiro atoms. The van der Waals surface area contributed by atoms with Gasteiger partial charge in [0.25, 0.3) is 0 Å². The Hall–Kier alpha value is -1.93. The number of primary amides is 1. The lowest BCUT2D eigenvalue weighted by Crippen LogP contribution is -2.19. The van der Waals surface area contributed by atoms with E-state index in [4.69, 9.17) is 5.73 Å². The molecule has 0 aliphatic heterocycles. The van der Waals surface area contributed by atoms with Crippen molar-refractivity contribution in [2.45, 2.75) is 12.8 Å². The van der Waals surface area contributed by atoms with Gasteiger partial charge in [-0.3, -0.25) is 14.7 Å². The summed E-state index contributed by atoms with van der Waals surface area (Å²) in [5.41, 5.74) is 6.33. The van der Waals surface area contributed by atoms with Crippen LogP contribution >= 0.6 is 0 Å². The number of nitrogens with two attached hydrogens (primary N) is 1. The summed E-state index contributed by atoms with van der Waals surface area (Å²) < 4.78 is 0. The number of nitrogens with zero attached hydrogens (tertiary/aromatic N) is 3. The van der Waals surface area contributed by atoms with Crippen molar-refractivity contribution in [3.63, 3.8) is 0 Å². The summed E-state index contributed by atoms with van der Waals surface area (Å²) in [6, 6.07) is 0. The molecule has 0 bridgehead atoms. The van der Waals surface area contributed by atoms with Crippen molar-refractivity contribution in [2.75, 3.05) is 20.6 Å². The molecule has 0 aromatic carbocycles. The predicted octanol–water partition coefficient (Wildman–Crippen LogP) is -0.0215. The standard InChI is InChI=1S/C12H16N4O/c1-9(12(13)17)11-8-14-10(7-15-11)5-4-6-16(2)3/h7-9H,6H2,1-3H3,(H2,13,17). The normalized spacial score (nSPS) is 11.8. The van der Waals surface area contributed by atoms with Crippen LogP contribution in [0.4, 0.5) is 0 Å². The maximum absolute atomic E-state index is 11.0. The van der Waals surface area contributed by atoms with Gasteiger partial charge in [-0.05, 0) is 26.9 Å². The molecule has 0 fully saturated rings. The number of aromatic nitrogens is 2. The van der Waals surface area contributed by atoms with Crippen LogP contribution in [0.3, 0.4) is 0 Å². The summed E-state index contributed by atoms with van der Waals surface area (Å²) in [6.45, 7) is 2.37. The molecule has 0 saturated heterocycles. The van der Waals surface area contributed by atoms with E-state index >= 15 is 0 Å². The molecule has 0 radical (unpaired) electrons. The van der Waals surface area contributed by atoms with Crippen LogP contribution in [-0.2, 0) is 4.79 Å². The van der Waals surface area contributed by atoms with Gasteiger partial charge in [-0.1, -0.05) is 5.92 Å². The van der Waals surface area contributed by atoms with E-state index in [0.29, 0.717) is 17.9 Å². The molecule has 0 saturated carbocycles. The van der Waals surface area contributed by atoms with Crippen molar-refractivity contribution in [3.05, 3.63) is 23.8 Å². The molecule has 0 aliphatic carbocycles. The fourth-order valence-electron chi connectivity index (χ4n) is 1.06. The van der Waals surface area contributed by atoms with Crippen LogP contribution in [0.15, 0.2) is 12.4 Å². The van der Waals surface area contributed by atoms with Crippen LogP contribution in [0, 0.1) is 11.8 Å². The van der Waals surface area contributed by atoms with Gasteiger partial charge in [-0.2, -0.15) is 0 Å². The molecule has 1 amide bonds. The van der Waals surface area contributed by atoms with E-state index in [9.17, 15) is 4.79 Å². The highest BCUT2D eigenvalue weighted by Gasteiger charge is 2.12. The third-order valence-electron chi connectivity index (χ3n) is 2.15. The van der Waals surface area contributed by atoms with Crippen LogP contribution in [0.25, 0.3) is 0 Å². The largest absolute Gasteiger partial charge is 0.369 e. The van der Waals surface area contributed by atoms with E-state index in [1.165, 1.54) is 6.20 Å². The second-order valence-electron chi connectivity index (χ2n) is 3.99. The predicted molar refractivity (Wildman–Crippen MR) is 65.1 cm³/mol. The molecule has 1 unspecified atom stereocenters. The Kier molecular flexibility index (Phi) is 4.61. The van der Waals surface area contributed by atoms with Crippen molar-refractivity contribution in [1.82, 2.24) is 14.9 Å². The highest BCUT2D eigenvalue weighted by Crippen LogP contribution is 2.09. The maximum Gasteiger partial charge on any atom is 0.226 e. The first kappa shape index (κ1) is 13.1. The van der Waals surface area contributed by atoms with Crippen LogP contribution in [-0.4, -0.2) is 41.4 Å². The Balaban J connectivity index is 2.73. The summed E-state index contributed by atoms with van der Waals surface area (Å²) >= 11 is 0. The molecule has 2 N–H and O–H groups in total.